The van der Waals surface area contributed by atoms with Crippen LogP contribution in [-0.2, 0) is 13.1 Å². The van der Waals surface area contributed by atoms with Gasteiger partial charge in [0, 0.05) is 42.8 Å². The summed E-state index contributed by atoms with van der Waals surface area (Å²) >= 11 is 0. The molecular formula is C14H16N4O2. The number of hydrogen-bond donors (Lipinski definition) is 3. The third-order valence-corrected chi connectivity index (χ3v) is 2.93. The maximum Gasteiger partial charge on any atom is 0.152 e. The number of nitrogens with zero attached hydrogens (tertiary/aromatic N) is 2. The molecule has 0 unspecified atom stereocenters. The van der Waals surface area contributed by atoms with E-state index in [0.717, 1.165) is 5.56 Å². The van der Waals surface area contributed by atoms with Crippen LogP contribution in [0.1, 0.15) is 27.2 Å². The molecular weight excluding hydrogens is 256 g/mol. The number of carbonyl (C=O) groups is 1. The zero-order chi connectivity index (χ0) is 14.4. The average Bonchev–Trinajstić information content (AvgIpc) is 2.49. The minimum atomic E-state index is 0.0489. The summed E-state index contributed by atoms with van der Waals surface area (Å²) in [5, 5.41) is 9.93. The van der Waals surface area contributed by atoms with E-state index in [0.29, 0.717) is 36.2 Å². The molecule has 2 heterocycles. The van der Waals surface area contributed by atoms with Gasteiger partial charge in [-0.3, -0.25) is 25.6 Å². The second kappa shape index (κ2) is 6.74. The van der Waals surface area contributed by atoms with Gasteiger partial charge in [0.05, 0.1) is 5.69 Å². The smallest absolute Gasteiger partial charge is 0.152 e. The van der Waals surface area contributed by atoms with E-state index < -0.39 is 0 Å². The van der Waals surface area contributed by atoms with Crippen LogP contribution in [0, 0.1) is 6.92 Å². The molecule has 0 aliphatic rings. The lowest BCUT2D eigenvalue weighted by Gasteiger charge is -2.11. The van der Waals surface area contributed by atoms with Crippen LogP contribution in [0.5, 0.6) is 5.75 Å². The zero-order valence-electron chi connectivity index (χ0n) is 11.1. The van der Waals surface area contributed by atoms with Crippen LogP contribution in [-0.4, -0.2) is 21.4 Å². The summed E-state index contributed by atoms with van der Waals surface area (Å²) in [6.07, 6.45) is 5.59. The molecule has 0 radical (unpaired) electrons. The van der Waals surface area contributed by atoms with Gasteiger partial charge in [0.15, 0.2) is 6.29 Å². The van der Waals surface area contributed by atoms with Crippen molar-refractivity contribution in [1.29, 1.82) is 0 Å². The molecule has 2 aromatic heterocycles. The van der Waals surface area contributed by atoms with E-state index in [1.54, 1.807) is 19.3 Å². The Balaban J connectivity index is 1.94. The normalized spacial score (nSPS) is 10.4. The fourth-order valence-electron chi connectivity index (χ4n) is 1.76. The number of aromatic hydroxyl groups is 1. The highest BCUT2D eigenvalue weighted by Gasteiger charge is 2.10. The molecule has 2 rings (SSSR count). The van der Waals surface area contributed by atoms with Gasteiger partial charge >= 0.3 is 0 Å². The standard InChI is InChI=1S/C14H16N4O2/c1-10-14(20)13(12(9-19)7-16-10)8-18-17-6-11-2-4-15-5-3-11/h2-5,7,9,17-18,20H,6,8H2,1H3. The van der Waals surface area contributed by atoms with Crippen LogP contribution in [0.4, 0.5) is 0 Å². The van der Waals surface area contributed by atoms with Crippen LogP contribution in [0.2, 0.25) is 0 Å². The van der Waals surface area contributed by atoms with Gasteiger partial charge in [0.25, 0.3) is 0 Å². The van der Waals surface area contributed by atoms with Crippen molar-refractivity contribution in [3.8, 4) is 5.75 Å². The van der Waals surface area contributed by atoms with Gasteiger partial charge in [0.2, 0.25) is 0 Å². The van der Waals surface area contributed by atoms with Gasteiger partial charge in [0.1, 0.15) is 5.75 Å². The van der Waals surface area contributed by atoms with Gasteiger partial charge in [-0.1, -0.05) is 0 Å². The minimum absolute atomic E-state index is 0.0489. The minimum Gasteiger partial charge on any atom is -0.506 e. The molecule has 0 atom stereocenters. The number of rotatable bonds is 6. The van der Waals surface area contributed by atoms with Gasteiger partial charge in [-0.05, 0) is 24.6 Å². The molecule has 0 spiro atoms. The lowest BCUT2D eigenvalue weighted by atomic mass is 10.1. The van der Waals surface area contributed by atoms with E-state index in [1.807, 2.05) is 12.1 Å². The van der Waals surface area contributed by atoms with E-state index in [1.165, 1.54) is 6.20 Å². The third-order valence-electron chi connectivity index (χ3n) is 2.93. The first-order chi connectivity index (χ1) is 9.72. The summed E-state index contributed by atoms with van der Waals surface area (Å²) in [5.74, 6) is 0.0489. The predicted molar refractivity (Wildman–Crippen MR) is 73.9 cm³/mol. The molecule has 2 aromatic rings. The fourth-order valence-corrected chi connectivity index (χ4v) is 1.76. The molecule has 0 aliphatic heterocycles. The van der Waals surface area contributed by atoms with E-state index in [2.05, 4.69) is 20.8 Å². The molecule has 0 saturated heterocycles. The highest BCUT2D eigenvalue weighted by Crippen LogP contribution is 2.22. The number of aryl methyl sites for hydroxylation is 1. The topological polar surface area (TPSA) is 87.1 Å². The summed E-state index contributed by atoms with van der Waals surface area (Å²) in [5.41, 5.74) is 8.50. The summed E-state index contributed by atoms with van der Waals surface area (Å²) in [7, 11) is 0. The lowest BCUT2D eigenvalue weighted by Crippen LogP contribution is -2.31. The first-order valence-corrected chi connectivity index (χ1v) is 6.19. The van der Waals surface area contributed by atoms with Crippen LogP contribution in [0.3, 0.4) is 0 Å². The number of carbonyl (C=O) groups excluding carboxylic acids is 1. The van der Waals surface area contributed by atoms with E-state index in [-0.39, 0.29) is 5.75 Å². The Morgan fingerprint density at radius 1 is 1.25 bits per heavy atom. The Bertz CT molecular complexity index is 587. The van der Waals surface area contributed by atoms with Crippen molar-refractivity contribution in [2.75, 3.05) is 0 Å². The summed E-state index contributed by atoms with van der Waals surface area (Å²) in [6, 6.07) is 3.80. The Labute approximate surface area is 116 Å². The van der Waals surface area contributed by atoms with Crippen molar-refractivity contribution >= 4 is 6.29 Å². The molecule has 104 valence electrons. The summed E-state index contributed by atoms with van der Waals surface area (Å²) in [4.78, 5) is 18.8. The maximum atomic E-state index is 10.9. The van der Waals surface area contributed by atoms with E-state index in [4.69, 9.17) is 0 Å². The van der Waals surface area contributed by atoms with Crippen LogP contribution in [0.15, 0.2) is 30.7 Å². The van der Waals surface area contributed by atoms with Gasteiger partial charge < -0.3 is 5.11 Å². The van der Waals surface area contributed by atoms with Crippen LogP contribution >= 0.6 is 0 Å². The van der Waals surface area contributed by atoms with Crippen molar-refractivity contribution in [3.63, 3.8) is 0 Å². The molecule has 0 fully saturated rings. The first kappa shape index (κ1) is 14.1. The van der Waals surface area contributed by atoms with Crippen molar-refractivity contribution < 1.29 is 9.90 Å². The predicted octanol–water partition coefficient (Wildman–Crippen LogP) is 1.10. The summed E-state index contributed by atoms with van der Waals surface area (Å²) in [6.45, 7) is 2.63. The zero-order valence-corrected chi connectivity index (χ0v) is 11.1. The second-order valence-corrected chi connectivity index (χ2v) is 4.31. The molecule has 6 nitrogen and oxygen atoms in total. The van der Waals surface area contributed by atoms with Crippen LogP contribution in [0.25, 0.3) is 0 Å². The maximum absolute atomic E-state index is 10.9. The quantitative estimate of drug-likeness (QED) is 0.414. The highest BCUT2D eigenvalue weighted by molar-refractivity contribution is 5.78. The molecule has 0 aliphatic carbocycles. The van der Waals surface area contributed by atoms with Gasteiger partial charge in [-0.15, -0.1) is 0 Å². The number of nitrogens with one attached hydrogen (secondary N) is 2. The molecule has 6 heteroatoms. The number of hydrazine groups is 1. The van der Waals surface area contributed by atoms with E-state index >= 15 is 0 Å². The Morgan fingerprint density at radius 2 is 1.95 bits per heavy atom. The van der Waals surface area contributed by atoms with Gasteiger partial charge in [-0.2, -0.15) is 0 Å². The number of aromatic nitrogens is 2. The van der Waals surface area contributed by atoms with Crippen molar-refractivity contribution in [1.82, 2.24) is 20.8 Å². The lowest BCUT2D eigenvalue weighted by molar-refractivity contribution is 0.112. The molecule has 0 amide bonds. The van der Waals surface area contributed by atoms with Crippen molar-refractivity contribution in [2.24, 2.45) is 0 Å². The largest absolute Gasteiger partial charge is 0.506 e. The molecule has 20 heavy (non-hydrogen) atoms. The monoisotopic (exact) mass is 272 g/mol. The number of pyridine rings is 2. The second-order valence-electron chi connectivity index (χ2n) is 4.31. The average molecular weight is 272 g/mol. The Kier molecular flexibility index (Phi) is 4.75. The highest BCUT2D eigenvalue weighted by atomic mass is 16.3. The van der Waals surface area contributed by atoms with E-state index in [9.17, 15) is 9.90 Å². The third kappa shape index (κ3) is 3.37. The van der Waals surface area contributed by atoms with Gasteiger partial charge in [-0.25, -0.2) is 0 Å². The summed E-state index contributed by atoms with van der Waals surface area (Å²) < 4.78 is 0. The van der Waals surface area contributed by atoms with Crippen molar-refractivity contribution in [3.05, 3.63) is 53.1 Å². The van der Waals surface area contributed by atoms with Crippen LogP contribution < -0.4 is 10.9 Å². The Morgan fingerprint density at radius 3 is 2.65 bits per heavy atom. The number of aldehydes is 1. The van der Waals surface area contributed by atoms with Crippen molar-refractivity contribution in [2.45, 2.75) is 20.0 Å². The Hall–Kier alpha value is -2.31. The fraction of sp³-hybridized carbons (Fsp3) is 0.214. The first-order valence-electron chi connectivity index (χ1n) is 6.19. The SMILES string of the molecule is Cc1ncc(C=O)c(CNNCc2ccncc2)c1O. The molecule has 0 aromatic carbocycles. The molecule has 3 N–H and O–H groups in total. The molecule has 0 bridgehead atoms. The number of hydrogen-bond acceptors (Lipinski definition) is 6. The molecule has 0 saturated carbocycles.